The third kappa shape index (κ3) is 5.68. The van der Waals surface area contributed by atoms with Gasteiger partial charge in [-0.2, -0.15) is 0 Å². The highest BCUT2D eigenvalue weighted by atomic mass is 32.2. The van der Waals surface area contributed by atoms with E-state index in [1.165, 1.54) is 11.8 Å². The molecule has 0 fully saturated rings. The Morgan fingerprint density at radius 2 is 1.81 bits per heavy atom. The number of hydrogen-bond acceptors (Lipinski definition) is 7. The van der Waals surface area contributed by atoms with Crippen LogP contribution in [-0.4, -0.2) is 52.3 Å². The molecule has 32 heavy (non-hydrogen) atoms. The summed E-state index contributed by atoms with van der Waals surface area (Å²) in [5.41, 5.74) is 6.89. The maximum atomic E-state index is 12.2. The van der Waals surface area contributed by atoms with Crippen LogP contribution in [0.15, 0.2) is 53.7 Å². The number of aromatic nitrogens is 3. The molecular weight excluding hydrogens is 448 g/mol. The second-order valence-corrected chi connectivity index (χ2v) is 7.72. The standard InChI is InChI=1S/C21H24N6O3S2/c1-4-22-20(31)25-23-18(28)13-32-21-26-24-19(27(21)15-8-6-5-7-9-15)14-10-11-16(29-2)17(12-14)30-3/h5-12H,4,13H2,1-3H3,(H,23,28)(H2,22,25,31). The number of methoxy groups -OCH3 is 2. The molecular formula is C21H24N6O3S2. The second-order valence-electron chi connectivity index (χ2n) is 6.37. The van der Waals surface area contributed by atoms with Gasteiger partial charge in [0.15, 0.2) is 27.6 Å². The Hall–Kier alpha value is -3.31. The number of thiocarbonyl (C=S) groups is 1. The summed E-state index contributed by atoms with van der Waals surface area (Å²) in [6, 6.07) is 15.2. The first-order valence-electron chi connectivity index (χ1n) is 9.76. The number of hydrogen-bond donors (Lipinski definition) is 3. The molecule has 0 atom stereocenters. The lowest BCUT2D eigenvalue weighted by molar-refractivity contribution is -0.119. The van der Waals surface area contributed by atoms with Gasteiger partial charge in [0.05, 0.1) is 20.0 Å². The minimum absolute atomic E-state index is 0.124. The summed E-state index contributed by atoms with van der Waals surface area (Å²) >= 11 is 6.31. The number of thioether (sulfide) groups is 1. The van der Waals surface area contributed by atoms with E-state index >= 15 is 0 Å². The molecule has 0 aliphatic carbocycles. The Morgan fingerprint density at radius 1 is 1.06 bits per heavy atom. The molecule has 0 aliphatic rings. The van der Waals surface area contributed by atoms with Crippen LogP contribution in [0.4, 0.5) is 0 Å². The molecule has 1 aromatic heterocycles. The molecule has 0 bridgehead atoms. The van der Waals surface area contributed by atoms with Gasteiger partial charge in [-0.05, 0) is 49.5 Å². The lowest BCUT2D eigenvalue weighted by atomic mass is 10.2. The summed E-state index contributed by atoms with van der Waals surface area (Å²) in [6.45, 7) is 2.58. The summed E-state index contributed by atoms with van der Waals surface area (Å²) in [7, 11) is 3.17. The van der Waals surface area contributed by atoms with Gasteiger partial charge in [0.2, 0.25) is 5.91 Å². The maximum Gasteiger partial charge on any atom is 0.248 e. The average molecular weight is 473 g/mol. The third-order valence-electron chi connectivity index (χ3n) is 4.27. The molecule has 3 aromatic rings. The van der Waals surface area contributed by atoms with Gasteiger partial charge in [-0.15, -0.1) is 10.2 Å². The molecule has 0 aliphatic heterocycles. The maximum absolute atomic E-state index is 12.2. The highest BCUT2D eigenvalue weighted by molar-refractivity contribution is 7.99. The van der Waals surface area contributed by atoms with E-state index in [0.717, 1.165) is 11.3 Å². The monoisotopic (exact) mass is 472 g/mol. The fourth-order valence-electron chi connectivity index (χ4n) is 2.83. The quantitative estimate of drug-likeness (QED) is 0.259. The van der Waals surface area contributed by atoms with Gasteiger partial charge in [0.1, 0.15) is 0 Å². The van der Waals surface area contributed by atoms with Crippen LogP contribution in [0.2, 0.25) is 0 Å². The molecule has 2 aromatic carbocycles. The predicted molar refractivity (Wildman–Crippen MR) is 128 cm³/mol. The molecule has 11 heteroatoms. The minimum atomic E-state index is -0.245. The summed E-state index contributed by atoms with van der Waals surface area (Å²) in [4.78, 5) is 12.2. The number of para-hydroxylation sites is 1. The van der Waals surface area contributed by atoms with Crippen LogP contribution in [0, 0.1) is 0 Å². The van der Waals surface area contributed by atoms with Crippen molar-refractivity contribution in [1.29, 1.82) is 0 Å². The van der Waals surface area contributed by atoms with E-state index < -0.39 is 0 Å². The van der Waals surface area contributed by atoms with E-state index in [1.807, 2.05) is 60.0 Å². The second kappa shape index (κ2) is 11.3. The fraction of sp³-hybridized carbons (Fsp3) is 0.238. The lowest BCUT2D eigenvalue weighted by Gasteiger charge is -2.13. The van der Waals surface area contributed by atoms with Gasteiger partial charge in [-0.1, -0.05) is 30.0 Å². The van der Waals surface area contributed by atoms with Crippen molar-refractivity contribution in [3.8, 4) is 28.6 Å². The van der Waals surface area contributed by atoms with Crippen molar-refractivity contribution in [3.63, 3.8) is 0 Å². The van der Waals surface area contributed by atoms with Crippen LogP contribution < -0.4 is 25.6 Å². The van der Waals surface area contributed by atoms with Gasteiger partial charge in [-0.3, -0.25) is 20.2 Å². The molecule has 3 rings (SSSR count). The van der Waals surface area contributed by atoms with Crippen molar-refractivity contribution in [1.82, 2.24) is 30.9 Å². The predicted octanol–water partition coefficient (Wildman–Crippen LogP) is 2.56. The number of benzene rings is 2. The number of nitrogens with one attached hydrogen (secondary N) is 3. The Morgan fingerprint density at radius 3 is 2.50 bits per heavy atom. The largest absolute Gasteiger partial charge is 0.493 e. The number of amides is 1. The van der Waals surface area contributed by atoms with Crippen molar-refractivity contribution >= 4 is 35.0 Å². The Bertz CT molecular complexity index is 1070. The summed E-state index contributed by atoms with van der Waals surface area (Å²) < 4.78 is 12.7. The Kier molecular flexibility index (Phi) is 8.28. The van der Waals surface area contributed by atoms with Gasteiger partial charge >= 0.3 is 0 Å². The molecule has 9 nitrogen and oxygen atoms in total. The first-order valence-corrected chi connectivity index (χ1v) is 11.2. The summed E-state index contributed by atoms with van der Waals surface area (Å²) in [6.07, 6.45) is 0. The van der Waals surface area contributed by atoms with Gasteiger partial charge < -0.3 is 14.8 Å². The van der Waals surface area contributed by atoms with E-state index in [9.17, 15) is 4.79 Å². The Balaban J connectivity index is 1.86. The van der Waals surface area contributed by atoms with Crippen molar-refractivity contribution in [2.75, 3.05) is 26.5 Å². The van der Waals surface area contributed by atoms with Crippen LogP contribution in [0.5, 0.6) is 11.5 Å². The Labute approximate surface area is 195 Å². The van der Waals surface area contributed by atoms with Crippen LogP contribution in [-0.2, 0) is 4.79 Å². The number of hydrazine groups is 1. The molecule has 1 amide bonds. The normalized spacial score (nSPS) is 10.3. The number of carbonyl (C=O) groups is 1. The van der Waals surface area contributed by atoms with Crippen molar-refractivity contribution in [3.05, 3.63) is 48.5 Å². The molecule has 0 unspecified atom stereocenters. The SMILES string of the molecule is CCNC(=S)NNC(=O)CSc1nnc(-c2ccc(OC)c(OC)c2)n1-c1ccccc1. The third-order valence-corrected chi connectivity index (χ3v) is 5.45. The van der Waals surface area contributed by atoms with E-state index in [4.69, 9.17) is 21.7 Å². The van der Waals surface area contributed by atoms with Gasteiger partial charge in [-0.25, -0.2) is 0 Å². The smallest absolute Gasteiger partial charge is 0.248 e. The topological polar surface area (TPSA) is 102 Å². The lowest BCUT2D eigenvalue weighted by Crippen LogP contribution is -2.47. The number of nitrogens with zero attached hydrogens (tertiary/aromatic N) is 3. The minimum Gasteiger partial charge on any atom is -0.493 e. The molecule has 3 N–H and O–H groups in total. The van der Waals surface area contributed by atoms with E-state index in [2.05, 4.69) is 26.4 Å². The van der Waals surface area contributed by atoms with Crippen LogP contribution >= 0.6 is 24.0 Å². The van der Waals surface area contributed by atoms with E-state index in [1.54, 1.807) is 14.2 Å². The molecule has 0 saturated heterocycles. The zero-order valence-electron chi connectivity index (χ0n) is 17.9. The molecule has 1 heterocycles. The van der Waals surface area contributed by atoms with E-state index in [0.29, 0.717) is 34.1 Å². The highest BCUT2D eigenvalue weighted by Gasteiger charge is 2.18. The molecule has 0 spiro atoms. The summed E-state index contributed by atoms with van der Waals surface area (Å²) in [5.74, 6) is 1.70. The van der Waals surface area contributed by atoms with Crippen LogP contribution in [0.1, 0.15) is 6.92 Å². The first kappa shape index (κ1) is 23.4. The first-order chi connectivity index (χ1) is 15.6. The highest BCUT2D eigenvalue weighted by Crippen LogP contribution is 2.34. The fourth-order valence-corrected chi connectivity index (χ4v) is 3.78. The van der Waals surface area contributed by atoms with Crippen LogP contribution in [0.3, 0.4) is 0 Å². The molecule has 0 radical (unpaired) electrons. The molecule has 0 saturated carbocycles. The zero-order valence-corrected chi connectivity index (χ0v) is 19.5. The summed E-state index contributed by atoms with van der Waals surface area (Å²) in [5, 5.41) is 12.5. The average Bonchev–Trinajstić information content (AvgIpc) is 3.25. The van der Waals surface area contributed by atoms with Crippen LogP contribution in [0.25, 0.3) is 17.1 Å². The van der Waals surface area contributed by atoms with Gasteiger partial charge in [0.25, 0.3) is 0 Å². The van der Waals surface area contributed by atoms with Crippen molar-refractivity contribution in [2.24, 2.45) is 0 Å². The van der Waals surface area contributed by atoms with Crippen molar-refractivity contribution in [2.45, 2.75) is 12.1 Å². The van der Waals surface area contributed by atoms with Crippen molar-refractivity contribution < 1.29 is 14.3 Å². The number of carbonyl (C=O) groups excluding carboxylic acids is 1. The zero-order chi connectivity index (χ0) is 22.9. The van der Waals surface area contributed by atoms with E-state index in [-0.39, 0.29) is 11.7 Å². The number of rotatable bonds is 8. The van der Waals surface area contributed by atoms with Gasteiger partial charge in [0, 0.05) is 17.8 Å². The molecule has 168 valence electrons. The number of ether oxygens (including phenoxy) is 2.